The van der Waals surface area contributed by atoms with Crippen LogP contribution in [-0.4, -0.2) is 26.5 Å². The molecule has 0 fully saturated rings. The maximum absolute atomic E-state index is 13.9. The second kappa shape index (κ2) is 7.97. The van der Waals surface area contributed by atoms with E-state index in [9.17, 15) is 9.18 Å². The summed E-state index contributed by atoms with van der Waals surface area (Å²) in [6, 6.07) is 19.2. The van der Waals surface area contributed by atoms with Gasteiger partial charge in [-0.15, -0.1) is 0 Å². The van der Waals surface area contributed by atoms with E-state index in [0.717, 1.165) is 12.1 Å². The lowest BCUT2D eigenvalue weighted by Gasteiger charge is -2.20. The van der Waals surface area contributed by atoms with Crippen LogP contribution in [0, 0.1) is 5.82 Å². The number of amides is 1. The molecule has 4 nitrogen and oxygen atoms in total. The number of quaternary nitrogens is 1. The standard InChI is InChI=1S/C21H21FN2O2/c1-24(2)14-18(15-8-4-3-5-9-15)23-21(25)20-13-12-19(26-20)16-10-6-7-11-17(16)22/h3-13,18H,14H2,1-2H3,(H,23,25)/p+1/t18-/m0/s1. The quantitative estimate of drug-likeness (QED) is 0.716. The van der Waals surface area contributed by atoms with E-state index in [1.54, 1.807) is 30.3 Å². The zero-order valence-electron chi connectivity index (χ0n) is 14.8. The molecule has 2 aromatic carbocycles. The van der Waals surface area contributed by atoms with Gasteiger partial charge in [0, 0.05) is 0 Å². The Labute approximate surface area is 152 Å². The van der Waals surface area contributed by atoms with Crippen LogP contribution in [-0.2, 0) is 0 Å². The van der Waals surface area contributed by atoms with Crippen molar-refractivity contribution in [3.8, 4) is 11.3 Å². The fourth-order valence-corrected chi connectivity index (χ4v) is 2.84. The number of carbonyl (C=O) groups excluding carboxylic acids is 1. The average molecular weight is 353 g/mol. The number of benzene rings is 2. The van der Waals surface area contributed by atoms with Crippen LogP contribution < -0.4 is 10.2 Å². The Balaban J connectivity index is 1.79. The molecule has 1 heterocycles. The normalized spacial score (nSPS) is 12.2. The highest BCUT2D eigenvalue weighted by atomic mass is 19.1. The maximum atomic E-state index is 13.9. The summed E-state index contributed by atoms with van der Waals surface area (Å²) in [5, 5.41) is 3.01. The predicted molar refractivity (Wildman–Crippen MR) is 98.4 cm³/mol. The van der Waals surface area contributed by atoms with Crippen molar-refractivity contribution in [3.63, 3.8) is 0 Å². The largest absolute Gasteiger partial charge is 0.451 e. The van der Waals surface area contributed by atoms with E-state index < -0.39 is 0 Å². The van der Waals surface area contributed by atoms with E-state index in [2.05, 4.69) is 5.32 Å². The number of furan rings is 1. The highest BCUT2D eigenvalue weighted by Gasteiger charge is 2.21. The van der Waals surface area contributed by atoms with Gasteiger partial charge in [0.1, 0.15) is 24.2 Å². The zero-order valence-corrected chi connectivity index (χ0v) is 14.8. The van der Waals surface area contributed by atoms with E-state index in [1.165, 1.54) is 11.0 Å². The summed E-state index contributed by atoms with van der Waals surface area (Å²) in [4.78, 5) is 13.8. The molecule has 1 amide bonds. The fourth-order valence-electron chi connectivity index (χ4n) is 2.84. The van der Waals surface area contributed by atoms with E-state index in [-0.39, 0.29) is 23.5 Å². The van der Waals surface area contributed by atoms with Gasteiger partial charge < -0.3 is 14.6 Å². The number of rotatable bonds is 6. The highest BCUT2D eigenvalue weighted by Crippen LogP contribution is 2.25. The van der Waals surface area contributed by atoms with Gasteiger partial charge in [0.15, 0.2) is 5.76 Å². The van der Waals surface area contributed by atoms with E-state index in [4.69, 9.17) is 4.42 Å². The minimum Gasteiger partial charge on any atom is -0.451 e. The van der Waals surface area contributed by atoms with Crippen LogP contribution in [0.15, 0.2) is 71.1 Å². The second-order valence-electron chi connectivity index (χ2n) is 6.49. The van der Waals surface area contributed by atoms with Gasteiger partial charge >= 0.3 is 0 Å². The van der Waals surface area contributed by atoms with Gasteiger partial charge in [0.25, 0.3) is 5.91 Å². The molecule has 5 heteroatoms. The molecule has 0 aliphatic heterocycles. The fraction of sp³-hybridized carbons (Fsp3) is 0.190. The SMILES string of the molecule is C[NH+](C)C[C@H](NC(=O)c1ccc(-c2ccccc2F)o1)c1ccccc1. The van der Waals surface area contributed by atoms with Gasteiger partial charge in [-0.05, 0) is 29.8 Å². The summed E-state index contributed by atoms with van der Waals surface area (Å²) in [6.45, 7) is 0.733. The van der Waals surface area contributed by atoms with Crippen LogP contribution >= 0.6 is 0 Å². The molecule has 26 heavy (non-hydrogen) atoms. The maximum Gasteiger partial charge on any atom is 0.287 e. The van der Waals surface area contributed by atoms with Gasteiger partial charge in [-0.1, -0.05) is 42.5 Å². The Bertz CT molecular complexity index is 874. The number of halogens is 1. The van der Waals surface area contributed by atoms with Crippen LogP contribution in [0.25, 0.3) is 11.3 Å². The van der Waals surface area contributed by atoms with Crippen LogP contribution in [0.1, 0.15) is 22.2 Å². The van der Waals surface area contributed by atoms with Crippen LogP contribution in [0.3, 0.4) is 0 Å². The lowest BCUT2D eigenvalue weighted by molar-refractivity contribution is -0.860. The van der Waals surface area contributed by atoms with E-state index in [0.29, 0.717) is 11.3 Å². The third kappa shape index (κ3) is 4.18. The zero-order chi connectivity index (χ0) is 18.5. The first-order chi connectivity index (χ1) is 12.5. The molecule has 0 aliphatic carbocycles. The Kier molecular flexibility index (Phi) is 5.49. The lowest BCUT2D eigenvalue weighted by atomic mass is 10.1. The molecular formula is C21H22FN2O2+. The smallest absolute Gasteiger partial charge is 0.287 e. The molecule has 2 N–H and O–H groups in total. The van der Waals surface area contributed by atoms with Gasteiger partial charge in [-0.25, -0.2) is 4.39 Å². The Morgan fingerprint density at radius 2 is 1.73 bits per heavy atom. The van der Waals surface area contributed by atoms with Gasteiger partial charge in [0.05, 0.1) is 19.7 Å². The van der Waals surface area contributed by atoms with E-state index >= 15 is 0 Å². The molecule has 3 rings (SSSR count). The monoisotopic (exact) mass is 353 g/mol. The summed E-state index contributed by atoms with van der Waals surface area (Å²) < 4.78 is 19.5. The first-order valence-electron chi connectivity index (χ1n) is 8.54. The molecule has 0 bridgehead atoms. The molecule has 1 aromatic heterocycles. The highest BCUT2D eigenvalue weighted by molar-refractivity contribution is 5.92. The summed E-state index contributed by atoms with van der Waals surface area (Å²) in [6.07, 6.45) is 0. The van der Waals surface area contributed by atoms with Crippen LogP contribution in [0.2, 0.25) is 0 Å². The van der Waals surface area contributed by atoms with E-state index in [1.807, 2.05) is 44.4 Å². The van der Waals surface area contributed by atoms with Crippen molar-refractivity contribution in [2.24, 2.45) is 0 Å². The molecule has 0 saturated carbocycles. The van der Waals surface area contributed by atoms with Gasteiger partial charge in [0.2, 0.25) is 0 Å². The van der Waals surface area contributed by atoms with Crippen molar-refractivity contribution in [1.29, 1.82) is 0 Å². The average Bonchev–Trinajstić information content (AvgIpc) is 3.12. The minimum absolute atomic E-state index is 0.143. The second-order valence-corrected chi connectivity index (χ2v) is 6.49. The topological polar surface area (TPSA) is 46.7 Å². The third-order valence-electron chi connectivity index (χ3n) is 4.09. The lowest BCUT2D eigenvalue weighted by Crippen LogP contribution is -3.06. The number of likely N-dealkylation sites (N-methyl/N-ethyl adjacent to an activating group) is 1. The number of hydrogen-bond donors (Lipinski definition) is 2. The third-order valence-corrected chi connectivity index (χ3v) is 4.09. The summed E-state index contributed by atoms with van der Waals surface area (Å²) in [5.41, 5.74) is 1.37. The molecule has 0 saturated heterocycles. The molecule has 3 aromatic rings. The molecular weight excluding hydrogens is 331 g/mol. The summed E-state index contributed by atoms with van der Waals surface area (Å²) in [5.74, 6) is -0.199. The van der Waals surface area contributed by atoms with Crippen molar-refractivity contribution in [1.82, 2.24) is 5.32 Å². The first-order valence-corrected chi connectivity index (χ1v) is 8.54. The molecule has 0 aliphatic rings. The molecule has 1 atom stereocenters. The number of hydrogen-bond acceptors (Lipinski definition) is 2. The molecule has 0 spiro atoms. The minimum atomic E-state index is -0.382. The van der Waals surface area contributed by atoms with Crippen LogP contribution in [0.5, 0.6) is 0 Å². The van der Waals surface area contributed by atoms with Crippen molar-refractivity contribution in [2.45, 2.75) is 6.04 Å². The van der Waals surface area contributed by atoms with Gasteiger partial charge in [-0.3, -0.25) is 4.79 Å². The van der Waals surface area contributed by atoms with Crippen molar-refractivity contribution in [3.05, 3.63) is 83.9 Å². The summed E-state index contributed by atoms with van der Waals surface area (Å²) in [7, 11) is 4.07. The molecule has 0 unspecified atom stereocenters. The number of carbonyl (C=O) groups is 1. The Morgan fingerprint density at radius 1 is 1.04 bits per heavy atom. The first kappa shape index (κ1) is 17.9. The van der Waals surface area contributed by atoms with Crippen molar-refractivity contribution >= 4 is 5.91 Å². The van der Waals surface area contributed by atoms with Crippen LogP contribution in [0.4, 0.5) is 4.39 Å². The van der Waals surface area contributed by atoms with Crippen molar-refractivity contribution < 1.29 is 18.5 Å². The van der Waals surface area contributed by atoms with Crippen molar-refractivity contribution in [2.75, 3.05) is 20.6 Å². The number of nitrogens with one attached hydrogen (secondary N) is 2. The Hall–Kier alpha value is -2.92. The molecule has 0 radical (unpaired) electrons. The van der Waals surface area contributed by atoms with Gasteiger partial charge in [-0.2, -0.15) is 0 Å². The summed E-state index contributed by atoms with van der Waals surface area (Å²) >= 11 is 0. The predicted octanol–water partition coefficient (Wildman–Crippen LogP) is 2.70. The Morgan fingerprint density at radius 3 is 2.42 bits per heavy atom. The molecule has 134 valence electrons.